The second-order valence-corrected chi connectivity index (χ2v) is 6.59. The zero-order chi connectivity index (χ0) is 14.0. The summed E-state index contributed by atoms with van der Waals surface area (Å²) in [5.74, 6) is 0.987. The van der Waals surface area contributed by atoms with Crippen molar-refractivity contribution in [1.29, 1.82) is 0 Å². The van der Waals surface area contributed by atoms with E-state index in [-0.39, 0.29) is 5.54 Å². The lowest BCUT2D eigenvalue weighted by molar-refractivity contribution is 0.424. The molecule has 0 fully saturated rings. The van der Waals surface area contributed by atoms with Crippen LogP contribution in [0.1, 0.15) is 32.2 Å². The van der Waals surface area contributed by atoms with Crippen LogP contribution in [0.5, 0.6) is 0 Å². The topological polar surface area (TPSA) is 29.9 Å². The third kappa shape index (κ3) is 3.67. The lowest BCUT2D eigenvalue weighted by atomic mass is 10.1. The van der Waals surface area contributed by atoms with E-state index in [1.807, 2.05) is 19.3 Å². The predicted molar refractivity (Wildman–Crippen MR) is 82.6 cm³/mol. The molecule has 4 heteroatoms. The average molecular weight is 322 g/mol. The lowest BCUT2D eigenvalue weighted by Gasteiger charge is -2.21. The van der Waals surface area contributed by atoms with Gasteiger partial charge in [0.1, 0.15) is 5.82 Å². The Morgan fingerprint density at radius 1 is 1.32 bits per heavy atom. The van der Waals surface area contributed by atoms with Gasteiger partial charge in [-0.05, 0) is 61.3 Å². The summed E-state index contributed by atoms with van der Waals surface area (Å²) in [5, 5.41) is 3.49. The first-order valence-corrected chi connectivity index (χ1v) is 7.20. The highest BCUT2D eigenvalue weighted by molar-refractivity contribution is 9.10. The van der Waals surface area contributed by atoms with E-state index in [0.29, 0.717) is 0 Å². The maximum atomic E-state index is 4.25. The summed E-state index contributed by atoms with van der Waals surface area (Å²) >= 11 is 3.65. The van der Waals surface area contributed by atoms with Crippen molar-refractivity contribution in [2.24, 2.45) is 0 Å². The van der Waals surface area contributed by atoms with Crippen LogP contribution in [0.4, 0.5) is 0 Å². The van der Waals surface area contributed by atoms with Gasteiger partial charge >= 0.3 is 0 Å². The maximum Gasteiger partial charge on any atom is 0.110 e. The first-order valence-electron chi connectivity index (χ1n) is 6.40. The highest BCUT2D eigenvalue weighted by Crippen LogP contribution is 2.23. The molecule has 102 valence electrons. The van der Waals surface area contributed by atoms with Crippen molar-refractivity contribution in [3.8, 4) is 5.69 Å². The van der Waals surface area contributed by atoms with E-state index in [4.69, 9.17) is 0 Å². The van der Waals surface area contributed by atoms with Crippen molar-refractivity contribution in [2.45, 2.75) is 39.8 Å². The summed E-state index contributed by atoms with van der Waals surface area (Å²) in [5.41, 5.74) is 2.52. The maximum absolute atomic E-state index is 4.25. The number of aryl methyl sites for hydroxylation is 1. The molecule has 1 aromatic carbocycles. The molecule has 0 amide bonds. The number of hydrogen-bond donors (Lipinski definition) is 1. The molecule has 0 saturated heterocycles. The van der Waals surface area contributed by atoms with Crippen molar-refractivity contribution >= 4 is 15.9 Å². The lowest BCUT2D eigenvalue weighted by Crippen LogP contribution is -2.35. The Hall–Kier alpha value is -1.13. The zero-order valence-electron chi connectivity index (χ0n) is 11.9. The van der Waals surface area contributed by atoms with Crippen molar-refractivity contribution < 1.29 is 0 Å². The molecule has 1 N–H and O–H groups in total. The quantitative estimate of drug-likeness (QED) is 0.931. The molecule has 0 aliphatic rings. The van der Waals surface area contributed by atoms with Crippen molar-refractivity contribution in [1.82, 2.24) is 14.9 Å². The van der Waals surface area contributed by atoms with E-state index in [1.165, 1.54) is 5.56 Å². The van der Waals surface area contributed by atoms with Gasteiger partial charge in [0.25, 0.3) is 0 Å². The van der Waals surface area contributed by atoms with Crippen molar-refractivity contribution in [3.63, 3.8) is 0 Å². The molecule has 19 heavy (non-hydrogen) atoms. The molecular weight excluding hydrogens is 302 g/mol. The number of hydrogen-bond acceptors (Lipinski definition) is 2. The minimum atomic E-state index is 0.131. The van der Waals surface area contributed by atoms with Gasteiger partial charge in [-0.3, -0.25) is 0 Å². The molecular formula is C15H20BrN3. The molecule has 2 aromatic rings. The molecule has 0 aliphatic heterocycles. The summed E-state index contributed by atoms with van der Waals surface area (Å²) in [6.07, 6.45) is 3.79. The first kappa shape index (κ1) is 14.3. The molecule has 2 rings (SSSR count). The smallest absolute Gasteiger partial charge is 0.110 e. The SMILES string of the molecule is Cc1nccn1-c1ccc(CNC(C)(C)C)cc1Br. The average Bonchev–Trinajstić information content (AvgIpc) is 2.72. The molecule has 1 aromatic heterocycles. The summed E-state index contributed by atoms with van der Waals surface area (Å²) < 4.78 is 3.16. The third-order valence-electron chi connectivity index (χ3n) is 2.92. The van der Waals surface area contributed by atoms with Crippen LogP contribution in [0.2, 0.25) is 0 Å². The van der Waals surface area contributed by atoms with Crippen LogP contribution < -0.4 is 5.32 Å². The van der Waals surface area contributed by atoms with Gasteiger partial charge in [-0.15, -0.1) is 0 Å². The van der Waals surface area contributed by atoms with Gasteiger partial charge in [0, 0.05) is 29.0 Å². The molecule has 0 aliphatic carbocycles. The van der Waals surface area contributed by atoms with Gasteiger partial charge in [0.2, 0.25) is 0 Å². The Morgan fingerprint density at radius 2 is 2.05 bits per heavy atom. The van der Waals surface area contributed by atoms with Crippen molar-refractivity contribution in [2.75, 3.05) is 0 Å². The fourth-order valence-electron chi connectivity index (χ4n) is 1.86. The molecule has 3 nitrogen and oxygen atoms in total. The van der Waals surface area contributed by atoms with Crippen LogP contribution in [-0.4, -0.2) is 15.1 Å². The van der Waals surface area contributed by atoms with Gasteiger partial charge in [-0.25, -0.2) is 4.98 Å². The summed E-state index contributed by atoms with van der Waals surface area (Å²) in [6.45, 7) is 9.38. The number of nitrogens with one attached hydrogen (secondary N) is 1. The van der Waals surface area contributed by atoms with Crippen molar-refractivity contribution in [3.05, 3.63) is 46.5 Å². The Morgan fingerprint density at radius 3 is 2.58 bits per heavy atom. The molecule has 0 spiro atoms. The van der Waals surface area contributed by atoms with Gasteiger partial charge in [-0.1, -0.05) is 6.07 Å². The highest BCUT2D eigenvalue weighted by atomic mass is 79.9. The largest absolute Gasteiger partial charge is 0.308 e. The fourth-order valence-corrected chi connectivity index (χ4v) is 2.47. The standard InChI is InChI=1S/C15H20BrN3/c1-11-17-7-8-19(11)14-6-5-12(9-13(14)16)10-18-15(2,3)4/h5-9,18H,10H2,1-4H3. The number of rotatable bonds is 3. The van der Waals surface area contributed by atoms with Gasteiger partial charge in [-0.2, -0.15) is 0 Å². The Kier molecular flexibility index (Phi) is 4.11. The number of aromatic nitrogens is 2. The number of halogens is 1. The van der Waals surface area contributed by atoms with E-state index >= 15 is 0 Å². The van der Waals surface area contributed by atoms with Gasteiger partial charge < -0.3 is 9.88 Å². The van der Waals surface area contributed by atoms with Crippen LogP contribution >= 0.6 is 15.9 Å². The summed E-state index contributed by atoms with van der Waals surface area (Å²) in [6, 6.07) is 6.43. The highest BCUT2D eigenvalue weighted by Gasteiger charge is 2.10. The van der Waals surface area contributed by atoms with Gasteiger partial charge in [0.15, 0.2) is 0 Å². The van der Waals surface area contributed by atoms with Crippen LogP contribution in [-0.2, 0) is 6.54 Å². The molecule has 0 saturated carbocycles. The summed E-state index contributed by atoms with van der Waals surface area (Å²) in [7, 11) is 0. The second-order valence-electron chi connectivity index (χ2n) is 5.73. The number of benzene rings is 1. The Bertz CT molecular complexity index is 567. The molecule has 1 heterocycles. The summed E-state index contributed by atoms with van der Waals surface area (Å²) in [4.78, 5) is 4.25. The molecule has 0 unspecified atom stereocenters. The van der Waals surface area contributed by atoms with Crippen LogP contribution in [0.15, 0.2) is 35.1 Å². The second kappa shape index (κ2) is 5.47. The predicted octanol–water partition coefficient (Wildman–Crippen LogP) is 3.83. The van der Waals surface area contributed by atoms with E-state index in [0.717, 1.165) is 22.5 Å². The van der Waals surface area contributed by atoms with Crippen LogP contribution in [0.3, 0.4) is 0 Å². The Balaban J connectivity index is 2.21. The first-order chi connectivity index (χ1) is 8.87. The van der Waals surface area contributed by atoms with E-state index < -0.39 is 0 Å². The molecule has 0 bridgehead atoms. The van der Waals surface area contributed by atoms with Crippen LogP contribution in [0, 0.1) is 6.92 Å². The molecule has 0 atom stereocenters. The number of nitrogens with zero attached hydrogens (tertiary/aromatic N) is 2. The van der Waals surface area contributed by atoms with E-state index in [2.05, 4.69) is 69.8 Å². The zero-order valence-corrected chi connectivity index (χ0v) is 13.5. The monoisotopic (exact) mass is 321 g/mol. The number of imidazole rings is 1. The minimum Gasteiger partial charge on any atom is -0.308 e. The normalized spacial score (nSPS) is 11.8. The third-order valence-corrected chi connectivity index (χ3v) is 3.56. The van der Waals surface area contributed by atoms with E-state index in [1.54, 1.807) is 0 Å². The fraction of sp³-hybridized carbons (Fsp3) is 0.400. The molecule has 0 radical (unpaired) electrons. The minimum absolute atomic E-state index is 0.131. The Labute approximate surface area is 123 Å². The van der Waals surface area contributed by atoms with Gasteiger partial charge in [0.05, 0.1) is 5.69 Å². The van der Waals surface area contributed by atoms with Crippen LogP contribution in [0.25, 0.3) is 5.69 Å². The van der Waals surface area contributed by atoms with E-state index in [9.17, 15) is 0 Å².